The van der Waals surface area contributed by atoms with E-state index in [1.165, 1.54) is 6.07 Å². The van der Waals surface area contributed by atoms with E-state index in [0.717, 1.165) is 13.0 Å². The molecule has 0 bridgehead atoms. The van der Waals surface area contributed by atoms with Crippen LogP contribution < -0.4 is 5.73 Å². The molecule has 1 amide bonds. The van der Waals surface area contributed by atoms with Gasteiger partial charge >= 0.3 is 0 Å². The topological polar surface area (TPSA) is 59.2 Å². The third-order valence-electron chi connectivity index (χ3n) is 2.45. The average Bonchev–Trinajstić information content (AvgIpc) is 2.23. The van der Waals surface area contributed by atoms with Gasteiger partial charge in [-0.3, -0.25) is 4.79 Å². The van der Waals surface area contributed by atoms with Crippen molar-refractivity contribution in [3.8, 4) is 0 Å². The molecule has 0 saturated carbocycles. The number of nitrogen functional groups attached to an aromatic ring is 1. The van der Waals surface area contributed by atoms with E-state index in [1.807, 2.05) is 0 Å². The Bertz CT molecular complexity index is 386. The maximum absolute atomic E-state index is 12.0. The van der Waals surface area contributed by atoms with Gasteiger partial charge in [0.1, 0.15) is 11.0 Å². The lowest BCUT2D eigenvalue weighted by Gasteiger charge is -2.18. The smallest absolute Gasteiger partial charge is 0.253 e. The molecule has 2 N–H and O–H groups in total. The Labute approximate surface area is 107 Å². The molecule has 0 aliphatic heterocycles. The zero-order valence-electron chi connectivity index (χ0n) is 10.4. The molecular formula is C12H18ClN3O. The highest BCUT2D eigenvalue weighted by Gasteiger charge is 2.13. The molecule has 0 saturated heterocycles. The average molecular weight is 256 g/mol. The van der Waals surface area contributed by atoms with Gasteiger partial charge in [-0.1, -0.05) is 25.4 Å². The Kier molecular flexibility index (Phi) is 4.75. The minimum Gasteiger partial charge on any atom is -0.384 e. The Morgan fingerprint density at radius 2 is 2.18 bits per heavy atom. The van der Waals surface area contributed by atoms with Crippen molar-refractivity contribution >= 4 is 23.3 Å². The molecule has 1 aromatic rings. The fourth-order valence-corrected chi connectivity index (χ4v) is 1.63. The standard InChI is InChI=1S/C12H18ClN3O/c1-8(2)4-5-16(3)12(17)9-6-10(13)15-11(14)7-9/h6-8H,4-5H2,1-3H3,(H2,14,15). The number of carbonyl (C=O) groups excluding carboxylic acids is 1. The Morgan fingerprint density at radius 3 is 2.71 bits per heavy atom. The van der Waals surface area contributed by atoms with Crippen LogP contribution in [0.15, 0.2) is 12.1 Å². The number of rotatable bonds is 4. The summed E-state index contributed by atoms with van der Waals surface area (Å²) in [7, 11) is 1.77. The van der Waals surface area contributed by atoms with Crippen LogP contribution in [0.25, 0.3) is 0 Å². The van der Waals surface area contributed by atoms with Gasteiger partial charge in [0.25, 0.3) is 5.91 Å². The summed E-state index contributed by atoms with van der Waals surface area (Å²) in [5, 5.41) is 0.241. The second-order valence-electron chi connectivity index (χ2n) is 4.51. The first-order valence-corrected chi connectivity index (χ1v) is 5.96. The van der Waals surface area contributed by atoms with Crippen LogP contribution in [-0.4, -0.2) is 29.4 Å². The number of hydrogen-bond donors (Lipinski definition) is 1. The summed E-state index contributed by atoms with van der Waals surface area (Å²) < 4.78 is 0. The maximum atomic E-state index is 12.0. The number of nitrogens with two attached hydrogens (primary N) is 1. The summed E-state index contributed by atoms with van der Waals surface area (Å²) in [6.07, 6.45) is 0.969. The van der Waals surface area contributed by atoms with Crippen molar-refractivity contribution in [2.75, 3.05) is 19.3 Å². The first kappa shape index (κ1) is 13.8. The van der Waals surface area contributed by atoms with E-state index in [1.54, 1.807) is 18.0 Å². The zero-order chi connectivity index (χ0) is 13.0. The van der Waals surface area contributed by atoms with E-state index in [0.29, 0.717) is 11.5 Å². The number of hydrogen-bond acceptors (Lipinski definition) is 3. The van der Waals surface area contributed by atoms with Gasteiger partial charge in [-0.25, -0.2) is 4.98 Å². The van der Waals surface area contributed by atoms with Gasteiger partial charge in [-0.2, -0.15) is 0 Å². The molecule has 0 aliphatic carbocycles. The van der Waals surface area contributed by atoms with E-state index < -0.39 is 0 Å². The summed E-state index contributed by atoms with van der Waals surface area (Å²) in [4.78, 5) is 17.5. The third-order valence-corrected chi connectivity index (χ3v) is 2.64. The fraction of sp³-hybridized carbons (Fsp3) is 0.500. The van der Waals surface area contributed by atoms with Gasteiger partial charge in [0.15, 0.2) is 0 Å². The van der Waals surface area contributed by atoms with Crippen molar-refractivity contribution in [2.45, 2.75) is 20.3 Å². The van der Waals surface area contributed by atoms with Crippen molar-refractivity contribution in [2.24, 2.45) is 5.92 Å². The lowest BCUT2D eigenvalue weighted by Crippen LogP contribution is -2.28. The van der Waals surface area contributed by atoms with E-state index in [9.17, 15) is 4.79 Å². The second-order valence-corrected chi connectivity index (χ2v) is 4.90. The monoisotopic (exact) mass is 255 g/mol. The van der Waals surface area contributed by atoms with Gasteiger partial charge in [0.2, 0.25) is 0 Å². The highest BCUT2D eigenvalue weighted by atomic mass is 35.5. The zero-order valence-corrected chi connectivity index (χ0v) is 11.2. The summed E-state index contributed by atoms with van der Waals surface area (Å²) in [5.41, 5.74) is 6.03. The molecule has 0 aliphatic rings. The van der Waals surface area contributed by atoms with Crippen LogP contribution in [0.2, 0.25) is 5.15 Å². The van der Waals surface area contributed by atoms with Crippen molar-refractivity contribution < 1.29 is 4.79 Å². The molecule has 94 valence electrons. The molecular weight excluding hydrogens is 238 g/mol. The summed E-state index contributed by atoms with van der Waals surface area (Å²) in [6, 6.07) is 3.08. The molecule has 0 atom stereocenters. The van der Waals surface area contributed by atoms with E-state index >= 15 is 0 Å². The van der Waals surface area contributed by atoms with Gasteiger partial charge < -0.3 is 10.6 Å². The number of carbonyl (C=O) groups is 1. The van der Waals surface area contributed by atoms with Crippen LogP contribution in [0, 0.1) is 5.92 Å². The predicted octanol–water partition coefficient (Wildman–Crippen LogP) is 2.44. The van der Waals surface area contributed by atoms with Gasteiger partial charge in [-0.05, 0) is 24.5 Å². The molecule has 4 nitrogen and oxygen atoms in total. The van der Waals surface area contributed by atoms with Crippen LogP contribution in [0.1, 0.15) is 30.6 Å². The number of halogens is 1. The van der Waals surface area contributed by atoms with Crippen LogP contribution in [0.3, 0.4) is 0 Å². The third kappa shape index (κ3) is 4.23. The number of pyridine rings is 1. The van der Waals surface area contributed by atoms with Crippen molar-refractivity contribution in [3.05, 3.63) is 22.8 Å². The van der Waals surface area contributed by atoms with E-state index in [4.69, 9.17) is 17.3 Å². The molecule has 0 unspecified atom stereocenters. The summed E-state index contributed by atoms with van der Waals surface area (Å²) >= 11 is 5.76. The second kappa shape index (κ2) is 5.87. The first-order chi connectivity index (χ1) is 7.90. The number of amides is 1. The Hall–Kier alpha value is -1.29. The molecule has 5 heteroatoms. The van der Waals surface area contributed by atoms with Crippen LogP contribution in [0.4, 0.5) is 5.82 Å². The van der Waals surface area contributed by atoms with E-state index in [-0.39, 0.29) is 16.9 Å². The lowest BCUT2D eigenvalue weighted by molar-refractivity contribution is 0.0789. The molecule has 0 radical (unpaired) electrons. The molecule has 1 aromatic heterocycles. The van der Waals surface area contributed by atoms with Crippen LogP contribution in [-0.2, 0) is 0 Å². The Balaban J connectivity index is 2.74. The number of aromatic nitrogens is 1. The number of nitrogens with zero attached hydrogens (tertiary/aromatic N) is 2. The molecule has 17 heavy (non-hydrogen) atoms. The molecule has 0 spiro atoms. The van der Waals surface area contributed by atoms with Crippen molar-refractivity contribution in [3.63, 3.8) is 0 Å². The molecule has 1 heterocycles. The minimum absolute atomic E-state index is 0.0818. The molecule has 0 aromatic carbocycles. The Morgan fingerprint density at radius 1 is 1.53 bits per heavy atom. The van der Waals surface area contributed by atoms with Gasteiger partial charge in [0, 0.05) is 19.2 Å². The highest BCUT2D eigenvalue weighted by molar-refractivity contribution is 6.29. The SMILES string of the molecule is CC(C)CCN(C)C(=O)c1cc(N)nc(Cl)c1. The maximum Gasteiger partial charge on any atom is 0.253 e. The summed E-state index contributed by atoms with van der Waals surface area (Å²) in [5.74, 6) is 0.746. The summed E-state index contributed by atoms with van der Waals surface area (Å²) in [6.45, 7) is 4.97. The van der Waals surface area contributed by atoms with Gasteiger partial charge in [0.05, 0.1) is 0 Å². The van der Waals surface area contributed by atoms with Crippen LogP contribution >= 0.6 is 11.6 Å². The largest absolute Gasteiger partial charge is 0.384 e. The van der Waals surface area contributed by atoms with Crippen LogP contribution in [0.5, 0.6) is 0 Å². The predicted molar refractivity (Wildman–Crippen MR) is 70.1 cm³/mol. The normalized spacial score (nSPS) is 10.6. The highest BCUT2D eigenvalue weighted by Crippen LogP contribution is 2.14. The molecule has 0 fully saturated rings. The fourth-order valence-electron chi connectivity index (χ4n) is 1.41. The van der Waals surface area contributed by atoms with Gasteiger partial charge in [-0.15, -0.1) is 0 Å². The number of anilines is 1. The minimum atomic E-state index is -0.0818. The lowest BCUT2D eigenvalue weighted by atomic mass is 10.1. The van der Waals surface area contributed by atoms with E-state index in [2.05, 4.69) is 18.8 Å². The quantitative estimate of drug-likeness (QED) is 0.841. The van der Waals surface area contributed by atoms with Crippen molar-refractivity contribution in [1.82, 2.24) is 9.88 Å². The first-order valence-electron chi connectivity index (χ1n) is 5.58. The molecule has 1 rings (SSSR count). The van der Waals surface area contributed by atoms with Crippen molar-refractivity contribution in [1.29, 1.82) is 0 Å².